The van der Waals surface area contributed by atoms with E-state index in [4.69, 9.17) is 5.14 Å². The van der Waals surface area contributed by atoms with Crippen LogP contribution in [-0.4, -0.2) is 37.1 Å². The molecule has 0 spiro atoms. The second-order valence-corrected chi connectivity index (χ2v) is 8.39. The smallest absolute Gasteiger partial charge is 0.257 e. The SMILES string of the molecule is CCC(=O)N(Cc1ccc(S(N)(=O)=O)cc1)C1CC(=O)N(c2ccc(F)cc2)C1=O. The zero-order valence-corrected chi connectivity index (χ0v) is 16.9. The summed E-state index contributed by atoms with van der Waals surface area (Å²) < 4.78 is 36.0. The summed E-state index contributed by atoms with van der Waals surface area (Å²) in [5, 5.41) is 5.09. The van der Waals surface area contributed by atoms with Crippen LogP contribution >= 0.6 is 0 Å². The molecule has 0 saturated carbocycles. The molecule has 0 radical (unpaired) electrons. The van der Waals surface area contributed by atoms with E-state index in [1.165, 1.54) is 41.3 Å². The number of rotatable bonds is 6. The summed E-state index contributed by atoms with van der Waals surface area (Å²) in [5.74, 6) is -1.90. The minimum atomic E-state index is -3.85. The van der Waals surface area contributed by atoms with Gasteiger partial charge in [-0.15, -0.1) is 0 Å². The van der Waals surface area contributed by atoms with Gasteiger partial charge >= 0.3 is 0 Å². The molecule has 1 aliphatic heterocycles. The van der Waals surface area contributed by atoms with Crippen LogP contribution in [-0.2, 0) is 31.0 Å². The number of amides is 3. The average molecular weight is 433 g/mol. The Morgan fingerprint density at radius 3 is 2.27 bits per heavy atom. The van der Waals surface area contributed by atoms with E-state index in [-0.39, 0.29) is 35.9 Å². The van der Waals surface area contributed by atoms with Gasteiger partial charge in [0.1, 0.15) is 11.9 Å². The molecule has 1 atom stereocenters. The number of nitrogens with zero attached hydrogens (tertiary/aromatic N) is 2. The molecule has 30 heavy (non-hydrogen) atoms. The molecule has 2 aromatic carbocycles. The molecule has 1 unspecified atom stereocenters. The van der Waals surface area contributed by atoms with Gasteiger partial charge < -0.3 is 4.90 Å². The van der Waals surface area contributed by atoms with Crippen LogP contribution in [0.2, 0.25) is 0 Å². The van der Waals surface area contributed by atoms with Gasteiger partial charge in [0.25, 0.3) is 5.91 Å². The fraction of sp³-hybridized carbons (Fsp3) is 0.250. The fourth-order valence-electron chi connectivity index (χ4n) is 3.28. The van der Waals surface area contributed by atoms with Crippen molar-refractivity contribution >= 4 is 33.4 Å². The third kappa shape index (κ3) is 4.39. The predicted molar refractivity (Wildman–Crippen MR) is 106 cm³/mol. The van der Waals surface area contributed by atoms with Gasteiger partial charge in [0, 0.05) is 13.0 Å². The summed E-state index contributed by atoms with van der Waals surface area (Å²) in [7, 11) is -3.85. The number of carbonyl (C=O) groups excluding carboxylic acids is 3. The van der Waals surface area contributed by atoms with Crippen LogP contribution in [0.15, 0.2) is 53.4 Å². The maximum atomic E-state index is 13.2. The maximum absolute atomic E-state index is 13.2. The van der Waals surface area contributed by atoms with E-state index in [0.717, 1.165) is 17.0 Å². The Kier molecular flexibility index (Phi) is 5.99. The summed E-state index contributed by atoms with van der Waals surface area (Å²) in [6.07, 6.45) is -0.0823. The number of halogens is 1. The number of sulfonamides is 1. The second-order valence-electron chi connectivity index (χ2n) is 6.83. The van der Waals surface area contributed by atoms with Gasteiger partial charge in [-0.05, 0) is 42.0 Å². The Labute approximate surface area is 173 Å². The molecule has 1 aliphatic rings. The summed E-state index contributed by atoms with van der Waals surface area (Å²) >= 11 is 0. The van der Waals surface area contributed by atoms with Gasteiger partial charge in [0.2, 0.25) is 21.8 Å². The minimum Gasteiger partial charge on any atom is -0.326 e. The van der Waals surface area contributed by atoms with E-state index in [1.54, 1.807) is 6.92 Å². The zero-order valence-electron chi connectivity index (χ0n) is 16.1. The molecule has 8 nitrogen and oxygen atoms in total. The lowest BCUT2D eigenvalue weighted by Gasteiger charge is -2.27. The van der Waals surface area contributed by atoms with E-state index in [1.807, 2.05) is 0 Å². The van der Waals surface area contributed by atoms with Crippen molar-refractivity contribution in [1.82, 2.24) is 4.90 Å². The van der Waals surface area contributed by atoms with Gasteiger partial charge in [-0.3, -0.25) is 14.4 Å². The van der Waals surface area contributed by atoms with Crippen LogP contribution in [0.25, 0.3) is 0 Å². The number of carbonyl (C=O) groups is 3. The second kappa shape index (κ2) is 8.33. The number of anilines is 1. The maximum Gasteiger partial charge on any atom is 0.257 e. The van der Waals surface area contributed by atoms with Gasteiger partial charge in [-0.1, -0.05) is 19.1 Å². The van der Waals surface area contributed by atoms with E-state index in [0.29, 0.717) is 5.56 Å². The van der Waals surface area contributed by atoms with Crippen molar-refractivity contribution in [3.8, 4) is 0 Å². The van der Waals surface area contributed by atoms with Gasteiger partial charge in [-0.2, -0.15) is 0 Å². The Bertz CT molecular complexity index is 1080. The number of hydrogen-bond acceptors (Lipinski definition) is 5. The lowest BCUT2D eigenvalue weighted by atomic mass is 10.1. The standard InChI is InChI=1S/C20H20FN3O5S/c1-2-18(25)23(12-13-3-9-16(10-4-13)30(22,28)29)17-11-19(26)24(20(17)27)15-7-5-14(21)6-8-15/h3-10,17H,2,11-12H2,1H3,(H2,22,28,29). The first-order valence-electron chi connectivity index (χ1n) is 9.15. The van der Waals surface area contributed by atoms with Crippen LogP contribution in [0.3, 0.4) is 0 Å². The molecule has 1 saturated heterocycles. The number of primary sulfonamides is 1. The average Bonchev–Trinajstić information content (AvgIpc) is 3.00. The van der Waals surface area contributed by atoms with Crippen molar-refractivity contribution < 1.29 is 27.2 Å². The Balaban J connectivity index is 1.87. The fourth-order valence-corrected chi connectivity index (χ4v) is 3.79. The lowest BCUT2D eigenvalue weighted by Crippen LogP contribution is -2.44. The highest BCUT2D eigenvalue weighted by Crippen LogP contribution is 2.27. The van der Waals surface area contributed by atoms with Gasteiger partial charge in [0.05, 0.1) is 17.0 Å². The number of benzene rings is 2. The molecule has 0 bridgehead atoms. The highest BCUT2D eigenvalue weighted by Gasteiger charge is 2.44. The molecule has 0 aliphatic carbocycles. The predicted octanol–water partition coefficient (Wildman–Crippen LogP) is 1.54. The van der Waals surface area contributed by atoms with E-state index >= 15 is 0 Å². The number of hydrogen-bond donors (Lipinski definition) is 1. The van der Waals surface area contributed by atoms with Crippen LogP contribution < -0.4 is 10.0 Å². The summed E-state index contributed by atoms with van der Waals surface area (Å²) in [5.41, 5.74) is 0.806. The van der Waals surface area contributed by atoms with Crippen molar-refractivity contribution in [2.24, 2.45) is 5.14 Å². The number of nitrogens with two attached hydrogens (primary N) is 1. The van der Waals surface area contributed by atoms with Crippen LogP contribution in [0, 0.1) is 5.82 Å². The van der Waals surface area contributed by atoms with Gasteiger partial charge in [0.15, 0.2) is 0 Å². The highest BCUT2D eigenvalue weighted by atomic mass is 32.2. The first-order chi connectivity index (χ1) is 14.1. The summed E-state index contributed by atoms with van der Waals surface area (Å²) in [4.78, 5) is 40.2. The Morgan fingerprint density at radius 2 is 1.73 bits per heavy atom. The molecule has 1 heterocycles. The normalized spacial score (nSPS) is 16.8. The third-order valence-corrected chi connectivity index (χ3v) is 5.74. The molecule has 3 amide bonds. The first-order valence-corrected chi connectivity index (χ1v) is 10.7. The number of imide groups is 1. The quantitative estimate of drug-likeness (QED) is 0.694. The first kappa shape index (κ1) is 21.6. The molecule has 3 rings (SSSR count). The molecule has 2 aromatic rings. The zero-order chi connectivity index (χ0) is 22.1. The van der Waals surface area contributed by atoms with Crippen LogP contribution in [0.1, 0.15) is 25.3 Å². The van der Waals surface area contributed by atoms with Crippen molar-refractivity contribution in [1.29, 1.82) is 0 Å². The summed E-state index contributed by atoms with van der Waals surface area (Å²) in [6, 6.07) is 9.54. The molecule has 0 aromatic heterocycles. The monoisotopic (exact) mass is 433 g/mol. The van der Waals surface area contributed by atoms with E-state index < -0.39 is 33.7 Å². The molecular formula is C20H20FN3O5S. The van der Waals surface area contributed by atoms with Crippen molar-refractivity contribution in [3.05, 3.63) is 59.9 Å². The van der Waals surface area contributed by atoms with E-state index in [9.17, 15) is 27.2 Å². The molecule has 158 valence electrons. The molecule has 10 heteroatoms. The van der Waals surface area contributed by atoms with Crippen molar-refractivity contribution in [2.45, 2.75) is 37.2 Å². The lowest BCUT2D eigenvalue weighted by molar-refractivity contribution is -0.138. The molecular weight excluding hydrogens is 413 g/mol. The van der Waals surface area contributed by atoms with Crippen LogP contribution in [0.4, 0.5) is 10.1 Å². The topological polar surface area (TPSA) is 118 Å². The van der Waals surface area contributed by atoms with E-state index in [2.05, 4.69) is 0 Å². The van der Waals surface area contributed by atoms with Crippen molar-refractivity contribution in [3.63, 3.8) is 0 Å². The third-order valence-electron chi connectivity index (χ3n) is 4.81. The molecule has 1 fully saturated rings. The molecule has 2 N–H and O–H groups in total. The Hall–Kier alpha value is -3.11. The largest absolute Gasteiger partial charge is 0.326 e. The summed E-state index contributed by atoms with van der Waals surface area (Å²) in [6.45, 7) is 1.65. The minimum absolute atomic E-state index is 0.0124. The Morgan fingerprint density at radius 1 is 1.13 bits per heavy atom. The van der Waals surface area contributed by atoms with Crippen LogP contribution in [0.5, 0.6) is 0 Å². The highest BCUT2D eigenvalue weighted by molar-refractivity contribution is 7.89. The van der Waals surface area contributed by atoms with Crippen molar-refractivity contribution in [2.75, 3.05) is 4.90 Å². The van der Waals surface area contributed by atoms with Gasteiger partial charge in [-0.25, -0.2) is 22.8 Å².